The van der Waals surface area contributed by atoms with Crippen molar-refractivity contribution in [2.75, 3.05) is 32.2 Å². The quantitative estimate of drug-likeness (QED) is 0.130. The molecule has 0 amide bonds. The van der Waals surface area contributed by atoms with Gasteiger partial charge in [0.2, 0.25) is 0 Å². The fraction of sp³-hybridized carbons (Fsp3) is 0.545. The largest absolute Gasteiger partial charge is 0.464 e. The first kappa shape index (κ1) is 37.2. The predicted molar refractivity (Wildman–Crippen MR) is 178 cm³/mol. The average molecular weight is 718 g/mol. The standard InChI is InChI=1S/C33H44N5O11P/c1-5-26(39)46-29-28(24-12-13-25-31(34)35-20-36-38(24)25)48-33(4,30(29)47-27(40)6-2)19-45-50(42,49-23-10-8-7-9-11-23)37-21(3)32(41)44-18-22-14-16-43-17-15-22/h7-13,20-22,28-30H,5-6,14-19H2,1-4H3,(H,37,42)(H2,34,35,36)/t21-,28-,29-,30-,33+,50+/m0/s1. The first-order valence-corrected chi connectivity index (χ1v) is 18.2. The highest BCUT2D eigenvalue weighted by atomic mass is 31.2. The van der Waals surface area contributed by atoms with Crippen LogP contribution in [0, 0.1) is 5.92 Å². The van der Waals surface area contributed by atoms with Crippen molar-refractivity contribution in [2.45, 2.75) is 83.3 Å². The molecule has 16 nitrogen and oxygen atoms in total. The number of nitrogens with one attached hydrogen (secondary N) is 1. The summed E-state index contributed by atoms with van der Waals surface area (Å²) < 4.78 is 57.0. The van der Waals surface area contributed by atoms with Gasteiger partial charge in [0.25, 0.3) is 0 Å². The molecular formula is C33H44N5O11P. The number of ether oxygens (including phenoxy) is 5. The van der Waals surface area contributed by atoms with Crippen LogP contribution in [-0.4, -0.2) is 82.8 Å². The van der Waals surface area contributed by atoms with Gasteiger partial charge in [-0.3, -0.25) is 18.9 Å². The van der Waals surface area contributed by atoms with E-state index in [1.807, 2.05) is 0 Å². The molecule has 272 valence electrons. The topological polar surface area (TPSA) is 201 Å². The number of aromatic nitrogens is 3. The lowest BCUT2D eigenvalue weighted by atomic mass is 9.96. The van der Waals surface area contributed by atoms with Gasteiger partial charge < -0.3 is 33.9 Å². The second-order valence-electron chi connectivity index (χ2n) is 12.3. The average Bonchev–Trinajstić information content (AvgIpc) is 3.66. The number of hydrogen-bond donors (Lipinski definition) is 2. The Bertz CT molecular complexity index is 1680. The summed E-state index contributed by atoms with van der Waals surface area (Å²) in [5, 5.41) is 6.99. The number of fused-ring (bicyclic) bond motifs is 1. The first-order chi connectivity index (χ1) is 23.9. The molecule has 0 unspecified atom stereocenters. The van der Waals surface area contributed by atoms with E-state index in [0.29, 0.717) is 24.4 Å². The molecule has 0 aliphatic carbocycles. The molecule has 17 heteroatoms. The second-order valence-corrected chi connectivity index (χ2v) is 14.0. The van der Waals surface area contributed by atoms with Gasteiger partial charge in [-0.05, 0) is 56.9 Å². The lowest BCUT2D eigenvalue weighted by molar-refractivity contribution is -0.171. The first-order valence-electron chi connectivity index (χ1n) is 16.6. The lowest BCUT2D eigenvalue weighted by Gasteiger charge is -2.32. The zero-order valence-electron chi connectivity index (χ0n) is 28.5. The highest BCUT2D eigenvalue weighted by Gasteiger charge is 2.59. The van der Waals surface area contributed by atoms with Crippen LogP contribution in [0.25, 0.3) is 5.52 Å². The van der Waals surface area contributed by atoms with Gasteiger partial charge in [0.05, 0.1) is 18.9 Å². The Hall–Kier alpha value is -4.08. The minimum absolute atomic E-state index is 0.00897. The van der Waals surface area contributed by atoms with Gasteiger partial charge >= 0.3 is 25.7 Å². The van der Waals surface area contributed by atoms with Crippen molar-refractivity contribution in [1.29, 1.82) is 0 Å². The molecule has 2 saturated heterocycles. The molecule has 1 aromatic carbocycles. The summed E-state index contributed by atoms with van der Waals surface area (Å²) in [5.74, 6) is -1.26. The Balaban J connectivity index is 1.43. The van der Waals surface area contributed by atoms with Crippen molar-refractivity contribution in [1.82, 2.24) is 19.7 Å². The summed E-state index contributed by atoms with van der Waals surface area (Å²) in [4.78, 5) is 42.6. The number of para-hydroxylation sites is 1. The third-order valence-corrected chi connectivity index (χ3v) is 10.1. The highest BCUT2D eigenvalue weighted by Crippen LogP contribution is 2.50. The van der Waals surface area contributed by atoms with E-state index in [4.69, 9.17) is 38.5 Å². The van der Waals surface area contributed by atoms with E-state index in [2.05, 4.69) is 15.2 Å². The minimum Gasteiger partial charge on any atom is -0.464 e. The molecule has 3 N–H and O–H groups in total. The van der Waals surface area contributed by atoms with E-state index in [1.54, 1.807) is 63.2 Å². The molecule has 3 aromatic rings. The van der Waals surface area contributed by atoms with Crippen LogP contribution in [0.4, 0.5) is 5.82 Å². The maximum absolute atomic E-state index is 14.5. The number of carbonyl (C=O) groups excluding carboxylic acids is 3. The number of nitrogen functional groups attached to an aromatic ring is 1. The Kier molecular flexibility index (Phi) is 12.1. The monoisotopic (exact) mass is 717 g/mol. The van der Waals surface area contributed by atoms with Crippen LogP contribution in [0.1, 0.15) is 65.2 Å². The minimum atomic E-state index is -4.39. The van der Waals surface area contributed by atoms with Crippen LogP contribution in [0.2, 0.25) is 0 Å². The van der Waals surface area contributed by atoms with E-state index >= 15 is 0 Å². The van der Waals surface area contributed by atoms with Gasteiger partial charge in [-0.1, -0.05) is 32.0 Å². The maximum Gasteiger partial charge on any atom is 0.459 e. The van der Waals surface area contributed by atoms with Gasteiger partial charge in [0, 0.05) is 26.1 Å². The van der Waals surface area contributed by atoms with Crippen molar-refractivity contribution in [2.24, 2.45) is 5.92 Å². The van der Waals surface area contributed by atoms with E-state index in [1.165, 1.54) is 17.8 Å². The fourth-order valence-corrected chi connectivity index (χ4v) is 7.28. The van der Waals surface area contributed by atoms with E-state index in [-0.39, 0.29) is 36.9 Å². The molecule has 2 aliphatic heterocycles. The summed E-state index contributed by atoms with van der Waals surface area (Å²) in [5.41, 5.74) is 5.38. The summed E-state index contributed by atoms with van der Waals surface area (Å²) in [6.07, 6.45) is -0.628. The smallest absolute Gasteiger partial charge is 0.459 e. The maximum atomic E-state index is 14.5. The summed E-state index contributed by atoms with van der Waals surface area (Å²) in [6.45, 7) is 7.18. The second kappa shape index (κ2) is 16.3. The zero-order chi connectivity index (χ0) is 35.9. The predicted octanol–water partition coefficient (Wildman–Crippen LogP) is 3.94. The SMILES string of the molecule is CCC(=O)O[C@H]1[C@H](c2ccc3c(N)ncnn23)O[C@](C)(CO[P@](=O)(N[C@@H](C)C(=O)OCC2CCOCC2)Oc2ccccc2)[C@H]1OC(=O)CC. The van der Waals surface area contributed by atoms with Crippen LogP contribution in [0.15, 0.2) is 48.8 Å². The van der Waals surface area contributed by atoms with E-state index in [0.717, 1.165) is 12.8 Å². The van der Waals surface area contributed by atoms with Gasteiger partial charge in [0.15, 0.2) is 18.0 Å². The molecule has 50 heavy (non-hydrogen) atoms. The number of nitrogens with zero attached hydrogens (tertiary/aromatic N) is 3. The number of nitrogens with two attached hydrogens (primary N) is 1. The fourth-order valence-electron chi connectivity index (χ4n) is 5.69. The molecule has 6 atom stereocenters. The third-order valence-electron chi connectivity index (χ3n) is 8.50. The van der Waals surface area contributed by atoms with Crippen LogP contribution in [0.5, 0.6) is 5.75 Å². The van der Waals surface area contributed by atoms with Gasteiger partial charge in [0.1, 0.15) is 35.3 Å². The molecule has 0 saturated carbocycles. The van der Waals surface area contributed by atoms with E-state index < -0.39 is 62.2 Å². The Morgan fingerprint density at radius 2 is 1.78 bits per heavy atom. The van der Waals surface area contributed by atoms with Gasteiger partial charge in [-0.25, -0.2) is 14.1 Å². The molecule has 2 aromatic heterocycles. The molecule has 0 bridgehead atoms. The molecule has 2 fully saturated rings. The van der Waals surface area contributed by atoms with Crippen molar-refractivity contribution < 1.29 is 51.7 Å². The number of carbonyl (C=O) groups is 3. The van der Waals surface area contributed by atoms with Crippen LogP contribution in [0.3, 0.4) is 0 Å². The molecule has 0 radical (unpaired) electrons. The summed E-state index contributed by atoms with van der Waals surface area (Å²) >= 11 is 0. The van der Waals surface area contributed by atoms with Gasteiger partial charge in [-0.15, -0.1) is 0 Å². The Labute approximate surface area is 289 Å². The van der Waals surface area contributed by atoms with Crippen molar-refractivity contribution >= 4 is 37.0 Å². The molecular weight excluding hydrogens is 673 g/mol. The Morgan fingerprint density at radius 1 is 1.08 bits per heavy atom. The molecule has 2 aliphatic rings. The summed E-state index contributed by atoms with van der Waals surface area (Å²) in [7, 11) is -4.39. The number of rotatable bonds is 15. The van der Waals surface area contributed by atoms with Crippen LogP contribution < -0.4 is 15.3 Å². The van der Waals surface area contributed by atoms with Crippen LogP contribution in [-0.2, 0) is 47.2 Å². The van der Waals surface area contributed by atoms with Crippen molar-refractivity contribution in [3.05, 3.63) is 54.5 Å². The normalized spacial score (nSPS) is 24.3. The number of benzene rings is 1. The summed E-state index contributed by atoms with van der Waals surface area (Å²) in [6, 6.07) is 10.5. The molecule has 4 heterocycles. The zero-order valence-corrected chi connectivity index (χ0v) is 29.4. The molecule has 0 spiro atoms. The van der Waals surface area contributed by atoms with Gasteiger partial charge in [-0.2, -0.15) is 10.2 Å². The lowest BCUT2D eigenvalue weighted by Crippen LogP contribution is -2.48. The Morgan fingerprint density at radius 3 is 2.48 bits per heavy atom. The van der Waals surface area contributed by atoms with Crippen LogP contribution >= 0.6 is 7.75 Å². The highest BCUT2D eigenvalue weighted by molar-refractivity contribution is 7.52. The van der Waals surface area contributed by atoms with E-state index in [9.17, 15) is 18.9 Å². The van der Waals surface area contributed by atoms with Crippen molar-refractivity contribution in [3.63, 3.8) is 0 Å². The third kappa shape index (κ3) is 8.79. The number of esters is 3. The number of anilines is 1. The van der Waals surface area contributed by atoms with Crippen molar-refractivity contribution in [3.8, 4) is 5.75 Å². The number of hydrogen-bond acceptors (Lipinski definition) is 14. The molecule has 5 rings (SSSR count).